The molecule has 4 atom stereocenters. The molecular formula is C18H21NO. The van der Waals surface area contributed by atoms with Crippen LogP contribution in [0.3, 0.4) is 0 Å². The van der Waals surface area contributed by atoms with Crippen LogP contribution in [0.2, 0.25) is 0 Å². The molecule has 4 rings (SSSR count). The number of aromatic nitrogens is 1. The number of pyridine rings is 1. The van der Waals surface area contributed by atoms with Crippen molar-refractivity contribution in [3.05, 3.63) is 42.1 Å². The molecule has 2 aliphatic carbocycles. The highest BCUT2D eigenvalue weighted by Crippen LogP contribution is 2.50. The molecule has 2 aliphatic rings. The van der Waals surface area contributed by atoms with Crippen molar-refractivity contribution in [2.45, 2.75) is 38.2 Å². The summed E-state index contributed by atoms with van der Waals surface area (Å²) in [5, 5.41) is 11.7. The Bertz CT molecular complexity index is 624. The minimum atomic E-state index is -0.316. The molecule has 0 saturated heterocycles. The maximum Gasteiger partial charge on any atom is 0.0793 e. The number of fused-ring (bicyclic) bond motifs is 3. The Hall–Kier alpha value is -1.41. The van der Waals surface area contributed by atoms with Gasteiger partial charge in [-0.05, 0) is 67.2 Å². The summed E-state index contributed by atoms with van der Waals surface area (Å²) in [5.41, 5.74) is 2.05. The van der Waals surface area contributed by atoms with Crippen molar-refractivity contribution < 1.29 is 5.11 Å². The van der Waals surface area contributed by atoms with Gasteiger partial charge in [0.15, 0.2) is 0 Å². The largest absolute Gasteiger partial charge is 0.388 e. The highest BCUT2D eigenvalue weighted by atomic mass is 16.3. The number of benzene rings is 1. The predicted molar refractivity (Wildman–Crippen MR) is 80.3 cm³/mol. The Balaban J connectivity index is 1.53. The fourth-order valence-electron chi connectivity index (χ4n) is 4.39. The third-order valence-corrected chi connectivity index (χ3v) is 5.42. The number of aliphatic hydroxyl groups excluding tert-OH is 1. The van der Waals surface area contributed by atoms with Crippen LogP contribution in [0.4, 0.5) is 0 Å². The smallest absolute Gasteiger partial charge is 0.0793 e. The average Bonchev–Trinajstić information content (AvgIpc) is 3.09. The van der Waals surface area contributed by atoms with Gasteiger partial charge < -0.3 is 5.11 Å². The summed E-state index contributed by atoms with van der Waals surface area (Å²) < 4.78 is 0. The number of rotatable bonds is 3. The maximum atomic E-state index is 10.5. The minimum absolute atomic E-state index is 0.316. The van der Waals surface area contributed by atoms with E-state index in [-0.39, 0.29) is 6.10 Å². The Kier molecular flexibility index (Phi) is 2.99. The Labute approximate surface area is 119 Å². The number of hydrogen-bond acceptors (Lipinski definition) is 2. The molecule has 2 saturated carbocycles. The van der Waals surface area contributed by atoms with Gasteiger partial charge in [0.05, 0.1) is 11.6 Å². The monoisotopic (exact) mass is 267 g/mol. The van der Waals surface area contributed by atoms with Gasteiger partial charge in [-0.25, -0.2) is 0 Å². The van der Waals surface area contributed by atoms with E-state index in [0.29, 0.717) is 0 Å². The summed E-state index contributed by atoms with van der Waals surface area (Å²) in [5.74, 6) is 2.59. The summed E-state index contributed by atoms with van der Waals surface area (Å²) in [6.07, 6.45) is 8.02. The molecule has 2 bridgehead atoms. The fourth-order valence-corrected chi connectivity index (χ4v) is 4.39. The van der Waals surface area contributed by atoms with Crippen molar-refractivity contribution in [3.63, 3.8) is 0 Å². The lowest BCUT2D eigenvalue weighted by Crippen LogP contribution is -2.14. The van der Waals surface area contributed by atoms with Crippen LogP contribution in [-0.4, -0.2) is 10.1 Å². The Morgan fingerprint density at radius 2 is 2.15 bits per heavy atom. The molecule has 0 spiro atoms. The molecule has 0 aliphatic heterocycles. The van der Waals surface area contributed by atoms with E-state index in [1.165, 1.54) is 25.7 Å². The van der Waals surface area contributed by atoms with Crippen molar-refractivity contribution >= 4 is 10.9 Å². The van der Waals surface area contributed by atoms with Crippen LogP contribution in [0, 0.1) is 17.8 Å². The van der Waals surface area contributed by atoms with Crippen LogP contribution in [0.15, 0.2) is 36.5 Å². The summed E-state index contributed by atoms with van der Waals surface area (Å²) in [6, 6.07) is 10.2. The predicted octanol–water partition coefficient (Wildman–Crippen LogP) is 4.09. The lowest BCUT2D eigenvalue weighted by atomic mass is 9.83. The molecule has 2 nitrogen and oxygen atoms in total. The number of nitrogens with zero attached hydrogens (tertiary/aromatic N) is 1. The van der Waals surface area contributed by atoms with Gasteiger partial charge in [-0.1, -0.05) is 18.6 Å². The zero-order valence-corrected chi connectivity index (χ0v) is 11.7. The van der Waals surface area contributed by atoms with E-state index in [4.69, 9.17) is 0 Å². The third kappa shape index (κ3) is 2.12. The van der Waals surface area contributed by atoms with Gasteiger partial charge in [0.25, 0.3) is 0 Å². The van der Waals surface area contributed by atoms with Gasteiger partial charge in [0.2, 0.25) is 0 Å². The molecule has 20 heavy (non-hydrogen) atoms. The normalized spacial score (nSPS) is 29.9. The van der Waals surface area contributed by atoms with Crippen LogP contribution in [0.5, 0.6) is 0 Å². The second kappa shape index (κ2) is 4.85. The van der Waals surface area contributed by atoms with Gasteiger partial charge in [0.1, 0.15) is 0 Å². The van der Waals surface area contributed by atoms with Gasteiger partial charge in [0, 0.05) is 11.6 Å². The van der Waals surface area contributed by atoms with E-state index in [0.717, 1.165) is 40.6 Å². The molecule has 2 aromatic rings. The highest BCUT2D eigenvalue weighted by Gasteiger charge is 2.40. The van der Waals surface area contributed by atoms with Crippen molar-refractivity contribution in [2.24, 2.45) is 17.8 Å². The summed E-state index contributed by atoms with van der Waals surface area (Å²) in [4.78, 5) is 4.33. The van der Waals surface area contributed by atoms with Crippen molar-refractivity contribution in [1.82, 2.24) is 4.98 Å². The number of aliphatic hydroxyl groups is 1. The Morgan fingerprint density at radius 1 is 1.20 bits per heavy atom. The first-order chi connectivity index (χ1) is 9.79. The molecule has 4 unspecified atom stereocenters. The van der Waals surface area contributed by atoms with E-state index in [1.54, 1.807) is 0 Å². The van der Waals surface area contributed by atoms with Crippen molar-refractivity contribution in [3.8, 4) is 0 Å². The average molecular weight is 267 g/mol. The van der Waals surface area contributed by atoms with Crippen molar-refractivity contribution in [1.29, 1.82) is 0 Å². The first kappa shape index (κ1) is 12.3. The zero-order chi connectivity index (χ0) is 13.5. The van der Waals surface area contributed by atoms with Gasteiger partial charge in [-0.2, -0.15) is 0 Å². The second-order valence-corrected chi connectivity index (χ2v) is 6.64. The summed E-state index contributed by atoms with van der Waals surface area (Å²) in [7, 11) is 0. The minimum Gasteiger partial charge on any atom is -0.388 e. The highest BCUT2D eigenvalue weighted by molar-refractivity contribution is 5.78. The van der Waals surface area contributed by atoms with E-state index in [1.807, 2.05) is 24.4 Å². The molecule has 2 heteroatoms. The second-order valence-electron chi connectivity index (χ2n) is 6.64. The van der Waals surface area contributed by atoms with Crippen LogP contribution in [-0.2, 0) is 0 Å². The molecule has 2 fully saturated rings. The standard InChI is InChI=1S/C18H21NO/c20-18(11-16-9-12-3-4-13(16)8-12)15-5-6-17-14(10-15)2-1-7-19-17/h1-2,5-7,10,12-13,16,18,20H,3-4,8-9,11H2. The molecule has 1 N–H and O–H groups in total. The topological polar surface area (TPSA) is 33.1 Å². The van der Waals surface area contributed by atoms with Crippen LogP contribution < -0.4 is 0 Å². The van der Waals surface area contributed by atoms with E-state index >= 15 is 0 Å². The van der Waals surface area contributed by atoms with E-state index in [2.05, 4.69) is 17.1 Å². The first-order valence-electron chi connectivity index (χ1n) is 7.82. The zero-order valence-electron chi connectivity index (χ0n) is 11.7. The lowest BCUT2D eigenvalue weighted by molar-refractivity contribution is 0.125. The molecule has 1 aromatic carbocycles. The molecule has 1 heterocycles. The Morgan fingerprint density at radius 3 is 2.95 bits per heavy atom. The van der Waals surface area contributed by atoms with Crippen LogP contribution >= 0.6 is 0 Å². The molecule has 0 amide bonds. The third-order valence-electron chi connectivity index (χ3n) is 5.42. The van der Waals surface area contributed by atoms with Gasteiger partial charge in [-0.15, -0.1) is 0 Å². The summed E-state index contributed by atoms with van der Waals surface area (Å²) in [6.45, 7) is 0. The molecule has 104 valence electrons. The molecule has 1 aromatic heterocycles. The van der Waals surface area contributed by atoms with E-state index in [9.17, 15) is 5.11 Å². The van der Waals surface area contributed by atoms with Crippen molar-refractivity contribution in [2.75, 3.05) is 0 Å². The summed E-state index contributed by atoms with van der Waals surface area (Å²) >= 11 is 0. The van der Waals surface area contributed by atoms with Crippen LogP contribution in [0.1, 0.15) is 43.8 Å². The van der Waals surface area contributed by atoms with E-state index < -0.39 is 0 Å². The molecular weight excluding hydrogens is 246 g/mol. The lowest BCUT2D eigenvalue weighted by Gasteiger charge is -2.24. The van der Waals surface area contributed by atoms with Gasteiger partial charge in [-0.3, -0.25) is 4.98 Å². The van der Waals surface area contributed by atoms with Gasteiger partial charge >= 0.3 is 0 Å². The fraction of sp³-hybridized carbons (Fsp3) is 0.500. The van der Waals surface area contributed by atoms with Crippen LogP contribution in [0.25, 0.3) is 10.9 Å². The molecule has 0 radical (unpaired) electrons. The first-order valence-corrected chi connectivity index (χ1v) is 7.82. The maximum absolute atomic E-state index is 10.5. The number of hydrogen-bond donors (Lipinski definition) is 1. The SMILES string of the molecule is OC(CC1CC2CCC1C2)c1ccc2ncccc2c1. The quantitative estimate of drug-likeness (QED) is 0.908.